The lowest BCUT2D eigenvalue weighted by Crippen LogP contribution is -2.27. The van der Waals surface area contributed by atoms with Gasteiger partial charge in [0, 0.05) is 30.8 Å². The highest BCUT2D eigenvalue weighted by molar-refractivity contribution is 5.78. The van der Waals surface area contributed by atoms with E-state index < -0.39 is 0 Å². The third-order valence-electron chi connectivity index (χ3n) is 2.27. The van der Waals surface area contributed by atoms with Gasteiger partial charge < -0.3 is 5.32 Å². The van der Waals surface area contributed by atoms with Gasteiger partial charge in [0.1, 0.15) is 0 Å². The summed E-state index contributed by atoms with van der Waals surface area (Å²) in [7, 11) is 0. The zero-order chi connectivity index (χ0) is 9.10. The minimum atomic E-state index is 0.168. The molecular weight excluding hydrogens is 164 g/mol. The molecule has 68 valence electrons. The first-order valence-electron chi connectivity index (χ1n) is 4.54. The summed E-state index contributed by atoms with van der Waals surface area (Å²) in [6.07, 6.45) is 4.24. The van der Waals surface area contributed by atoms with Gasteiger partial charge in [-0.05, 0) is 18.6 Å². The largest absolute Gasteiger partial charge is 0.353 e. The average molecular weight is 176 g/mol. The maximum atomic E-state index is 10.9. The number of rotatable bonds is 2. The Kier molecular flexibility index (Phi) is 2.25. The standard InChI is InChI=1S/C10H12N2O/c13-10-5-4-9(12-10)7-8-3-1-2-6-11-8/h1-3,6,9H,4-5,7H2,(H,12,13)/t9-/m1/s1. The number of nitrogens with one attached hydrogen (secondary N) is 1. The molecule has 1 N–H and O–H groups in total. The molecule has 0 saturated carbocycles. The van der Waals surface area contributed by atoms with Crippen molar-refractivity contribution in [2.24, 2.45) is 0 Å². The van der Waals surface area contributed by atoms with Gasteiger partial charge in [-0.3, -0.25) is 9.78 Å². The van der Waals surface area contributed by atoms with Gasteiger partial charge in [-0.25, -0.2) is 0 Å². The van der Waals surface area contributed by atoms with Gasteiger partial charge in [0.2, 0.25) is 5.91 Å². The van der Waals surface area contributed by atoms with Crippen molar-refractivity contribution in [3.63, 3.8) is 0 Å². The van der Waals surface area contributed by atoms with Crippen LogP contribution in [0, 0.1) is 0 Å². The van der Waals surface area contributed by atoms with E-state index in [9.17, 15) is 4.79 Å². The zero-order valence-corrected chi connectivity index (χ0v) is 7.36. The maximum Gasteiger partial charge on any atom is 0.220 e. The fourth-order valence-corrected chi connectivity index (χ4v) is 1.60. The summed E-state index contributed by atoms with van der Waals surface area (Å²) >= 11 is 0. The Hall–Kier alpha value is -1.38. The lowest BCUT2D eigenvalue weighted by Gasteiger charge is -2.07. The third kappa shape index (κ3) is 2.05. The van der Waals surface area contributed by atoms with Gasteiger partial charge >= 0.3 is 0 Å². The molecule has 0 spiro atoms. The lowest BCUT2D eigenvalue weighted by molar-refractivity contribution is -0.119. The van der Waals surface area contributed by atoms with Gasteiger partial charge in [-0.1, -0.05) is 6.07 Å². The number of carbonyl (C=O) groups excluding carboxylic acids is 1. The van der Waals surface area contributed by atoms with E-state index in [0.717, 1.165) is 18.5 Å². The number of nitrogens with zero attached hydrogens (tertiary/aromatic N) is 1. The van der Waals surface area contributed by atoms with Gasteiger partial charge in [0.15, 0.2) is 0 Å². The fourth-order valence-electron chi connectivity index (χ4n) is 1.60. The average Bonchev–Trinajstić information content (AvgIpc) is 2.53. The second-order valence-electron chi connectivity index (χ2n) is 3.33. The van der Waals surface area contributed by atoms with Crippen molar-refractivity contribution < 1.29 is 4.79 Å². The second kappa shape index (κ2) is 3.56. The molecule has 3 nitrogen and oxygen atoms in total. The highest BCUT2D eigenvalue weighted by atomic mass is 16.1. The number of aromatic nitrogens is 1. The van der Waals surface area contributed by atoms with Crippen LogP contribution in [0.4, 0.5) is 0 Å². The Morgan fingerprint density at radius 3 is 3.08 bits per heavy atom. The van der Waals surface area contributed by atoms with Gasteiger partial charge in [0.25, 0.3) is 0 Å². The summed E-state index contributed by atoms with van der Waals surface area (Å²) in [5.41, 5.74) is 1.05. The highest BCUT2D eigenvalue weighted by Crippen LogP contribution is 2.10. The Bertz CT molecular complexity index is 297. The van der Waals surface area contributed by atoms with E-state index in [1.54, 1.807) is 6.20 Å². The van der Waals surface area contributed by atoms with Crippen LogP contribution in [0.15, 0.2) is 24.4 Å². The lowest BCUT2D eigenvalue weighted by atomic mass is 10.1. The van der Waals surface area contributed by atoms with E-state index in [0.29, 0.717) is 12.5 Å². The molecule has 0 bridgehead atoms. The summed E-state index contributed by atoms with van der Waals surface area (Å²) in [6, 6.07) is 6.16. The maximum absolute atomic E-state index is 10.9. The quantitative estimate of drug-likeness (QED) is 0.727. The molecule has 1 amide bonds. The first kappa shape index (κ1) is 8.23. The molecule has 1 aromatic rings. The number of amides is 1. The minimum absolute atomic E-state index is 0.168. The summed E-state index contributed by atoms with van der Waals surface area (Å²) in [4.78, 5) is 15.1. The Morgan fingerprint density at radius 2 is 2.46 bits per heavy atom. The van der Waals surface area contributed by atoms with Crippen LogP contribution in [-0.2, 0) is 11.2 Å². The van der Waals surface area contributed by atoms with Crippen molar-refractivity contribution >= 4 is 5.91 Å². The molecule has 1 aliphatic rings. The number of hydrogen-bond donors (Lipinski definition) is 1. The number of pyridine rings is 1. The van der Waals surface area contributed by atoms with Crippen LogP contribution in [0.1, 0.15) is 18.5 Å². The van der Waals surface area contributed by atoms with E-state index >= 15 is 0 Å². The highest BCUT2D eigenvalue weighted by Gasteiger charge is 2.20. The molecule has 0 aliphatic carbocycles. The molecule has 0 radical (unpaired) electrons. The Balaban J connectivity index is 1.96. The van der Waals surface area contributed by atoms with E-state index in [4.69, 9.17) is 0 Å². The fraction of sp³-hybridized carbons (Fsp3) is 0.400. The summed E-state index contributed by atoms with van der Waals surface area (Å²) in [5.74, 6) is 0.168. The normalized spacial score (nSPS) is 21.5. The van der Waals surface area contributed by atoms with Gasteiger partial charge in [-0.15, -0.1) is 0 Å². The second-order valence-corrected chi connectivity index (χ2v) is 3.33. The SMILES string of the molecule is O=C1CC[C@H](Cc2ccccn2)N1. The molecule has 1 aliphatic heterocycles. The van der Waals surface area contributed by atoms with Crippen LogP contribution in [0.5, 0.6) is 0 Å². The predicted molar refractivity (Wildman–Crippen MR) is 49.1 cm³/mol. The molecule has 0 aromatic carbocycles. The van der Waals surface area contributed by atoms with Crippen LogP contribution in [0.3, 0.4) is 0 Å². The zero-order valence-electron chi connectivity index (χ0n) is 7.36. The smallest absolute Gasteiger partial charge is 0.220 e. The van der Waals surface area contributed by atoms with Crippen LogP contribution in [0.2, 0.25) is 0 Å². The summed E-state index contributed by atoms with van der Waals surface area (Å²) in [6.45, 7) is 0. The molecule has 1 atom stereocenters. The van der Waals surface area contributed by atoms with Crippen molar-refractivity contribution in [2.45, 2.75) is 25.3 Å². The molecule has 0 unspecified atom stereocenters. The van der Waals surface area contributed by atoms with E-state index in [1.165, 1.54) is 0 Å². The number of carbonyl (C=O) groups is 1. The van der Waals surface area contributed by atoms with E-state index in [-0.39, 0.29) is 5.91 Å². The first-order valence-corrected chi connectivity index (χ1v) is 4.54. The van der Waals surface area contributed by atoms with Crippen molar-refractivity contribution in [3.05, 3.63) is 30.1 Å². The third-order valence-corrected chi connectivity index (χ3v) is 2.27. The number of hydrogen-bond acceptors (Lipinski definition) is 2. The van der Waals surface area contributed by atoms with Crippen LogP contribution in [-0.4, -0.2) is 16.9 Å². The minimum Gasteiger partial charge on any atom is -0.353 e. The van der Waals surface area contributed by atoms with Gasteiger partial charge in [0.05, 0.1) is 0 Å². The molecular formula is C10H12N2O. The molecule has 13 heavy (non-hydrogen) atoms. The van der Waals surface area contributed by atoms with Crippen LogP contribution >= 0.6 is 0 Å². The van der Waals surface area contributed by atoms with Crippen molar-refractivity contribution in [3.8, 4) is 0 Å². The summed E-state index contributed by atoms with van der Waals surface area (Å²) < 4.78 is 0. The Labute approximate surface area is 77.2 Å². The Morgan fingerprint density at radius 1 is 1.54 bits per heavy atom. The topological polar surface area (TPSA) is 42.0 Å². The molecule has 1 fully saturated rings. The first-order chi connectivity index (χ1) is 6.34. The van der Waals surface area contributed by atoms with E-state index in [2.05, 4.69) is 10.3 Å². The molecule has 2 rings (SSSR count). The van der Waals surface area contributed by atoms with Crippen LogP contribution in [0.25, 0.3) is 0 Å². The van der Waals surface area contributed by atoms with Crippen molar-refractivity contribution in [1.82, 2.24) is 10.3 Å². The molecule has 1 saturated heterocycles. The van der Waals surface area contributed by atoms with Gasteiger partial charge in [-0.2, -0.15) is 0 Å². The predicted octanol–water partition coefficient (Wildman–Crippen LogP) is 0.903. The molecule has 2 heterocycles. The van der Waals surface area contributed by atoms with Crippen molar-refractivity contribution in [1.29, 1.82) is 0 Å². The monoisotopic (exact) mass is 176 g/mol. The van der Waals surface area contributed by atoms with E-state index in [1.807, 2.05) is 18.2 Å². The van der Waals surface area contributed by atoms with Crippen molar-refractivity contribution in [2.75, 3.05) is 0 Å². The summed E-state index contributed by atoms with van der Waals surface area (Å²) in [5, 5.41) is 2.92. The molecule has 1 aromatic heterocycles. The van der Waals surface area contributed by atoms with Crippen LogP contribution < -0.4 is 5.32 Å². The molecule has 3 heteroatoms.